The van der Waals surface area contributed by atoms with Crippen LogP contribution in [0.4, 0.5) is 11.8 Å². The number of nitrogens with two attached hydrogens (primary N) is 1. The number of nitrogen functional groups attached to an aromatic ring is 1. The van der Waals surface area contributed by atoms with E-state index >= 15 is 0 Å². The summed E-state index contributed by atoms with van der Waals surface area (Å²) in [5, 5.41) is 4.12. The number of hydrogen-bond acceptors (Lipinski definition) is 8. The Bertz CT molecular complexity index is 911. The van der Waals surface area contributed by atoms with E-state index in [0.717, 1.165) is 63.6 Å². The zero-order valence-corrected chi connectivity index (χ0v) is 15.9. The molecule has 0 bridgehead atoms. The second kappa shape index (κ2) is 7.06. The van der Waals surface area contributed by atoms with Crippen LogP contribution in [0.2, 0.25) is 0 Å². The Kier molecular flexibility index (Phi) is 4.42. The number of morpholine rings is 1. The molecule has 8 nitrogen and oxygen atoms in total. The molecule has 0 spiro atoms. The highest BCUT2D eigenvalue weighted by molar-refractivity contribution is 7.08. The Balaban J connectivity index is 1.38. The number of fused-ring (bicyclic) bond motifs is 1. The van der Waals surface area contributed by atoms with Crippen molar-refractivity contribution < 1.29 is 4.74 Å². The lowest BCUT2D eigenvalue weighted by atomic mass is 10.0. The molecule has 0 atom stereocenters. The van der Waals surface area contributed by atoms with Crippen LogP contribution in [-0.2, 0) is 4.74 Å². The first kappa shape index (κ1) is 16.9. The molecular formula is C18H23N7OS. The fourth-order valence-electron chi connectivity index (χ4n) is 4.01. The molecule has 2 saturated heterocycles. The molecule has 2 aliphatic rings. The van der Waals surface area contributed by atoms with Gasteiger partial charge in [0.15, 0.2) is 17.0 Å². The minimum atomic E-state index is 0.444. The van der Waals surface area contributed by atoms with Crippen LogP contribution >= 0.6 is 11.3 Å². The molecule has 0 aromatic carbocycles. The topological polar surface area (TPSA) is 85.3 Å². The zero-order valence-electron chi connectivity index (χ0n) is 15.1. The number of anilines is 2. The second-order valence-corrected chi connectivity index (χ2v) is 7.82. The highest BCUT2D eigenvalue weighted by atomic mass is 32.1. The molecular weight excluding hydrogens is 362 g/mol. The Morgan fingerprint density at radius 3 is 2.67 bits per heavy atom. The minimum absolute atomic E-state index is 0.444. The first-order chi connectivity index (χ1) is 13.3. The van der Waals surface area contributed by atoms with Crippen LogP contribution in [0.1, 0.15) is 12.8 Å². The summed E-state index contributed by atoms with van der Waals surface area (Å²) in [4.78, 5) is 18.6. The maximum Gasteiger partial charge on any atom is 0.229 e. The number of nitrogens with zero attached hydrogens (tertiary/aromatic N) is 6. The summed E-state index contributed by atoms with van der Waals surface area (Å²) in [5.74, 6) is 1.15. The fraction of sp³-hybridized carbons (Fsp3) is 0.500. The van der Waals surface area contributed by atoms with Gasteiger partial charge in [0.1, 0.15) is 6.33 Å². The molecule has 5 rings (SSSR count). The SMILES string of the molecule is Nc1nc(N2CCC(N3CCOCC3)CC2)nc2c1ncn2-c1ccsc1. The highest BCUT2D eigenvalue weighted by Gasteiger charge is 2.27. The van der Waals surface area contributed by atoms with Gasteiger partial charge in [-0.05, 0) is 24.3 Å². The molecule has 3 aromatic heterocycles. The Morgan fingerprint density at radius 2 is 1.93 bits per heavy atom. The number of ether oxygens (including phenoxy) is 1. The van der Waals surface area contributed by atoms with E-state index in [4.69, 9.17) is 15.5 Å². The third-order valence-corrected chi connectivity index (χ3v) is 6.18. The lowest BCUT2D eigenvalue weighted by Gasteiger charge is -2.40. The number of hydrogen-bond donors (Lipinski definition) is 1. The van der Waals surface area contributed by atoms with Crippen molar-refractivity contribution in [3.8, 4) is 5.69 Å². The molecule has 0 amide bonds. The second-order valence-electron chi connectivity index (χ2n) is 7.04. The van der Waals surface area contributed by atoms with E-state index in [1.54, 1.807) is 17.7 Å². The number of imidazole rings is 1. The molecule has 2 fully saturated rings. The van der Waals surface area contributed by atoms with E-state index in [1.165, 1.54) is 0 Å². The smallest absolute Gasteiger partial charge is 0.229 e. The lowest BCUT2D eigenvalue weighted by molar-refractivity contribution is 0.0114. The van der Waals surface area contributed by atoms with Crippen LogP contribution < -0.4 is 10.6 Å². The lowest BCUT2D eigenvalue weighted by Crippen LogP contribution is -2.49. The maximum absolute atomic E-state index is 6.20. The number of aromatic nitrogens is 4. The van der Waals surface area contributed by atoms with Crippen LogP contribution in [0, 0.1) is 0 Å². The predicted octanol–water partition coefficient (Wildman–Crippen LogP) is 1.76. The van der Waals surface area contributed by atoms with Gasteiger partial charge in [-0.3, -0.25) is 9.47 Å². The van der Waals surface area contributed by atoms with Crippen molar-refractivity contribution in [2.24, 2.45) is 0 Å². The molecule has 9 heteroatoms. The summed E-state index contributed by atoms with van der Waals surface area (Å²) < 4.78 is 7.46. The van der Waals surface area contributed by atoms with Gasteiger partial charge in [-0.25, -0.2) is 4.98 Å². The normalized spacial score (nSPS) is 19.8. The summed E-state index contributed by atoms with van der Waals surface area (Å²) in [5.41, 5.74) is 8.68. The van der Waals surface area contributed by atoms with Gasteiger partial charge in [0.25, 0.3) is 0 Å². The van der Waals surface area contributed by atoms with E-state index in [-0.39, 0.29) is 0 Å². The highest BCUT2D eigenvalue weighted by Crippen LogP contribution is 2.26. The number of rotatable bonds is 3. The van der Waals surface area contributed by atoms with E-state index in [0.29, 0.717) is 23.3 Å². The van der Waals surface area contributed by atoms with E-state index < -0.39 is 0 Å². The van der Waals surface area contributed by atoms with Crippen LogP contribution in [0.15, 0.2) is 23.2 Å². The summed E-state index contributed by atoms with van der Waals surface area (Å²) >= 11 is 1.65. The Hall–Kier alpha value is -2.23. The Labute approximate surface area is 161 Å². The monoisotopic (exact) mass is 385 g/mol. The average Bonchev–Trinajstić information content (AvgIpc) is 3.38. The van der Waals surface area contributed by atoms with Crippen LogP contribution in [0.25, 0.3) is 16.9 Å². The average molecular weight is 385 g/mol. The number of thiophene rings is 1. The molecule has 27 heavy (non-hydrogen) atoms. The van der Waals surface area contributed by atoms with Crippen molar-refractivity contribution in [2.75, 3.05) is 50.0 Å². The molecule has 0 saturated carbocycles. The van der Waals surface area contributed by atoms with Crippen molar-refractivity contribution >= 4 is 34.3 Å². The van der Waals surface area contributed by atoms with E-state index in [2.05, 4.69) is 31.2 Å². The first-order valence-corrected chi connectivity index (χ1v) is 10.3. The van der Waals surface area contributed by atoms with Gasteiger partial charge in [0.05, 0.1) is 18.9 Å². The summed E-state index contributed by atoms with van der Waals surface area (Å²) in [6.45, 7) is 5.67. The molecule has 5 heterocycles. The summed E-state index contributed by atoms with van der Waals surface area (Å²) in [6, 6.07) is 2.68. The van der Waals surface area contributed by atoms with Crippen LogP contribution in [0.3, 0.4) is 0 Å². The summed E-state index contributed by atoms with van der Waals surface area (Å²) in [6.07, 6.45) is 4.00. The molecule has 0 aliphatic carbocycles. The third kappa shape index (κ3) is 3.15. The van der Waals surface area contributed by atoms with Crippen molar-refractivity contribution in [3.63, 3.8) is 0 Å². The van der Waals surface area contributed by atoms with Crippen LogP contribution in [0.5, 0.6) is 0 Å². The molecule has 2 aliphatic heterocycles. The van der Waals surface area contributed by atoms with Gasteiger partial charge >= 0.3 is 0 Å². The quantitative estimate of drug-likeness (QED) is 0.735. The Morgan fingerprint density at radius 1 is 1.11 bits per heavy atom. The zero-order chi connectivity index (χ0) is 18.2. The van der Waals surface area contributed by atoms with E-state index in [1.807, 2.05) is 9.95 Å². The van der Waals surface area contributed by atoms with Crippen molar-refractivity contribution in [1.82, 2.24) is 24.4 Å². The number of piperidine rings is 1. The molecule has 0 unspecified atom stereocenters. The standard InChI is InChI=1S/C18H23N7OS/c19-16-15-17(25(12-20-15)14-3-10-27-11-14)22-18(21-16)24-4-1-13(2-5-24)23-6-8-26-9-7-23/h3,10-13H,1-2,4-9H2,(H2,19,21,22). The van der Waals surface area contributed by atoms with Gasteiger partial charge in [-0.2, -0.15) is 21.3 Å². The van der Waals surface area contributed by atoms with Crippen LogP contribution in [-0.4, -0.2) is 69.9 Å². The summed E-state index contributed by atoms with van der Waals surface area (Å²) in [7, 11) is 0. The van der Waals surface area contributed by atoms with Gasteiger partial charge in [-0.15, -0.1) is 0 Å². The molecule has 2 N–H and O–H groups in total. The van der Waals surface area contributed by atoms with Crippen molar-refractivity contribution in [1.29, 1.82) is 0 Å². The maximum atomic E-state index is 6.20. The van der Waals surface area contributed by atoms with Crippen molar-refractivity contribution in [2.45, 2.75) is 18.9 Å². The van der Waals surface area contributed by atoms with Crippen molar-refractivity contribution in [3.05, 3.63) is 23.2 Å². The largest absolute Gasteiger partial charge is 0.382 e. The van der Waals surface area contributed by atoms with Gasteiger partial charge in [0.2, 0.25) is 5.95 Å². The minimum Gasteiger partial charge on any atom is -0.382 e. The molecule has 3 aromatic rings. The van der Waals surface area contributed by atoms with Gasteiger partial charge < -0.3 is 15.4 Å². The van der Waals surface area contributed by atoms with Gasteiger partial charge in [-0.1, -0.05) is 0 Å². The molecule has 0 radical (unpaired) electrons. The molecule has 142 valence electrons. The fourth-order valence-corrected chi connectivity index (χ4v) is 4.64. The first-order valence-electron chi connectivity index (χ1n) is 9.39. The van der Waals surface area contributed by atoms with Gasteiger partial charge in [0, 0.05) is 37.6 Å². The third-order valence-electron chi connectivity index (χ3n) is 5.50. The predicted molar refractivity (Wildman–Crippen MR) is 107 cm³/mol. The van der Waals surface area contributed by atoms with E-state index in [9.17, 15) is 0 Å².